The Hall–Kier alpha value is -4.66. The SMILES string of the molecule is O=C(CNC(=O)OCc1ccccc1)N[C@H](CCC(=O)OCc1ccccc1)C(=O)OCc1ccccc1. The number of rotatable bonds is 13. The van der Waals surface area contributed by atoms with Crippen molar-refractivity contribution in [3.63, 3.8) is 0 Å². The molecule has 198 valence electrons. The molecule has 0 saturated carbocycles. The van der Waals surface area contributed by atoms with Crippen molar-refractivity contribution in [2.75, 3.05) is 6.54 Å². The highest BCUT2D eigenvalue weighted by molar-refractivity contribution is 5.87. The van der Waals surface area contributed by atoms with Gasteiger partial charge in [-0.1, -0.05) is 91.0 Å². The van der Waals surface area contributed by atoms with E-state index in [4.69, 9.17) is 14.2 Å². The Kier molecular flexibility index (Phi) is 11.4. The molecule has 0 unspecified atom stereocenters. The molecule has 9 heteroatoms. The van der Waals surface area contributed by atoms with Gasteiger partial charge in [0.15, 0.2) is 0 Å². The molecular formula is C29H30N2O7. The van der Waals surface area contributed by atoms with Crippen LogP contribution in [-0.4, -0.2) is 36.5 Å². The maximum atomic E-state index is 12.7. The van der Waals surface area contributed by atoms with Gasteiger partial charge in [-0.3, -0.25) is 9.59 Å². The van der Waals surface area contributed by atoms with Crippen LogP contribution in [0.3, 0.4) is 0 Å². The molecule has 9 nitrogen and oxygen atoms in total. The molecule has 3 aromatic carbocycles. The second-order valence-electron chi connectivity index (χ2n) is 8.31. The Morgan fingerprint density at radius 1 is 0.632 bits per heavy atom. The molecule has 0 aliphatic heterocycles. The third kappa shape index (κ3) is 10.5. The van der Waals surface area contributed by atoms with Gasteiger partial charge in [-0.25, -0.2) is 9.59 Å². The number of hydrogen-bond donors (Lipinski definition) is 2. The highest BCUT2D eigenvalue weighted by Gasteiger charge is 2.24. The number of alkyl carbamates (subject to hydrolysis) is 1. The van der Waals surface area contributed by atoms with Crippen molar-refractivity contribution in [2.45, 2.75) is 38.7 Å². The van der Waals surface area contributed by atoms with E-state index in [1.807, 2.05) is 66.7 Å². The Morgan fingerprint density at radius 3 is 1.63 bits per heavy atom. The fraction of sp³-hybridized carbons (Fsp3) is 0.241. The lowest BCUT2D eigenvalue weighted by molar-refractivity contribution is -0.150. The summed E-state index contributed by atoms with van der Waals surface area (Å²) in [6.45, 7) is -0.263. The zero-order valence-electron chi connectivity index (χ0n) is 20.8. The molecule has 0 spiro atoms. The lowest BCUT2D eigenvalue weighted by Gasteiger charge is -2.18. The molecule has 0 bridgehead atoms. The Balaban J connectivity index is 1.48. The van der Waals surface area contributed by atoms with Crippen LogP contribution in [0.1, 0.15) is 29.5 Å². The molecule has 0 heterocycles. The van der Waals surface area contributed by atoms with Crippen molar-refractivity contribution >= 4 is 23.9 Å². The van der Waals surface area contributed by atoms with Gasteiger partial charge in [-0.15, -0.1) is 0 Å². The molecule has 0 aliphatic rings. The minimum atomic E-state index is -1.11. The second-order valence-corrected chi connectivity index (χ2v) is 8.31. The first-order valence-electron chi connectivity index (χ1n) is 12.1. The predicted molar refractivity (Wildman–Crippen MR) is 138 cm³/mol. The zero-order valence-corrected chi connectivity index (χ0v) is 20.8. The molecule has 38 heavy (non-hydrogen) atoms. The van der Waals surface area contributed by atoms with Gasteiger partial charge in [0.25, 0.3) is 0 Å². The Morgan fingerprint density at radius 2 is 1.11 bits per heavy atom. The van der Waals surface area contributed by atoms with Crippen molar-refractivity contribution in [3.05, 3.63) is 108 Å². The van der Waals surface area contributed by atoms with E-state index in [2.05, 4.69) is 10.6 Å². The standard InChI is InChI=1S/C29H30N2O7/c32-26(18-30-29(35)38-21-24-14-8-3-9-15-24)31-25(28(34)37-20-23-12-6-2-7-13-23)16-17-27(33)36-19-22-10-4-1-5-11-22/h1-15,25H,16-21H2,(H,30,35)(H,31,32)/t25-/m1/s1. The second kappa shape index (κ2) is 15.5. The first-order chi connectivity index (χ1) is 18.5. The van der Waals surface area contributed by atoms with Crippen molar-refractivity contribution in [2.24, 2.45) is 0 Å². The Bertz CT molecular complexity index is 1170. The van der Waals surface area contributed by atoms with Gasteiger partial charge in [0, 0.05) is 6.42 Å². The van der Waals surface area contributed by atoms with E-state index in [9.17, 15) is 19.2 Å². The fourth-order valence-corrected chi connectivity index (χ4v) is 3.32. The normalized spacial score (nSPS) is 11.1. The lowest BCUT2D eigenvalue weighted by atomic mass is 10.1. The number of nitrogens with one attached hydrogen (secondary N) is 2. The van der Waals surface area contributed by atoms with E-state index < -0.39 is 36.5 Å². The molecule has 1 atom stereocenters. The monoisotopic (exact) mass is 518 g/mol. The highest BCUT2D eigenvalue weighted by atomic mass is 16.5. The van der Waals surface area contributed by atoms with Crippen LogP contribution in [0.2, 0.25) is 0 Å². The summed E-state index contributed by atoms with van der Waals surface area (Å²) < 4.78 is 15.7. The van der Waals surface area contributed by atoms with Gasteiger partial charge in [0.2, 0.25) is 5.91 Å². The van der Waals surface area contributed by atoms with Crippen molar-refractivity contribution in [3.8, 4) is 0 Å². The van der Waals surface area contributed by atoms with E-state index in [0.717, 1.165) is 16.7 Å². The van der Waals surface area contributed by atoms with E-state index in [1.54, 1.807) is 24.3 Å². The summed E-state index contributed by atoms with van der Waals surface area (Å²) in [5, 5.41) is 4.86. The van der Waals surface area contributed by atoms with Crippen molar-refractivity contribution < 1.29 is 33.4 Å². The molecule has 0 radical (unpaired) electrons. The van der Waals surface area contributed by atoms with E-state index in [-0.39, 0.29) is 32.7 Å². The number of amides is 2. The van der Waals surface area contributed by atoms with Crippen LogP contribution in [0.25, 0.3) is 0 Å². The van der Waals surface area contributed by atoms with Gasteiger partial charge in [0.05, 0.1) is 0 Å². The number of esters is 2. The summed E-state index contributed by atoms with van der Waals surface area (Å²) >= 11 is 0. The third-order valence-corrected chi connectivity index (χ3v) is 5.33. The van der Waals surface area contributed by atoms with Crippen LogP contribution in [0.15, 0.2) is 91.0 Å². The summed E-state index contributed by atoms with van der Waals surface area (Å²) in [7, 11) is 0. The van der Waals surface area contributed by atoms with Crippen LogP contribution in [0, 0.1) is 0 Å². The minimum Gasteiger partial charge on any atom is -0.461 e. The first-order valence-corrected chi connectivity index (χ1v) is 12.1. The van der Waals surface area contributed by atoms with Crippen LogP contribution in [0.4, 0.5) is 4.79 Å². The summed E-state index contributed by atoms with van der Waals surface area (Å²) in [4.78, 5) is 49.4. The van der Waals surface area contributed by atoms with E-state index in [0.29, 0.717) is 0 Å². The highest BCUT2D eigenvalue weighted by Crippen LogP contribution is 2.08. The van der Waals surface area contributed by atoms with Crippen LogP contribution in [0.5, 0.6) is 0 Å². The molecule has 0 fully saturated rings. The molecule has 2 amide bonds. The van der Waals surface area contributed by atoms with Crippen LogP contribution >= 0.6 is 0 Å². The van der Waals surface area contributed by atoms with Gasteiger partial charge < -0.3 is 24.8 Å². The predicted octanol–water partition coefficient (Wildman–Crippen LogP) is 3.66. The molecule has 3 aromatic rings. The molecule has 2 N–H and O–H groups in total. The average Bonchev–Trinajstić information content (AvgIpc) is 2.96. The number of carbonyl (C=O) groups is 4. The summed E-state index contributed by atoms with van der Waals surface area (Å²) in [6.07, 6.45) is -0.937. The van der Waals surface area contributed by atoms with Crippen molar-refractivity contribution in [1.29, 1.82) is 0 Å². The number of hydrogen-bond acceptors (Lipinski definition) is 7. The summed E-state index contributed by atoms with van der Waals surface area (Å²) in [5.41, 5.74) is 2.40. The maximum Gasteiger partial charge on any atom is 0.407 e. The topological polar surface area (TPSA) is 120 Å². The van der Waals surface area contributed by atoms with Gasteiger partial charge >= 0.3 is 18.0 Å². The number of ether oxygens (including phenoxy) is 3. The average molecular weight is 519 g/mol. The molecule has 3 rings (SSSR count). The molecule has 0 aliphatic carbocycles. The minimum absolute atomic E-state index is 0.00849. The van der Waals surface area contributed by atoms with Crippen molar-refractivity contribution in [1.82, 2.24) is 10.6 Å². The molecule has 0 aromatic heterocycles. The van der Waals surface area contributed by atoms with Gasteiger partial charge in [-0.05, 0) is 23.1 Å². The number of benzene rings is 3. The van der Waals surface area contributed by atoms with E-state index in [1.165, 1.54) is 0 Å². The van der Waals surface area contributed by atoms with E-state index >= 15 is 0 Å². The zero-order chi connectivity index (χ0) is 27.0. The smallest absolute Gasteiger partial charge is 0.407 e. The molecule has 0 saturated heterocycles. The Labute approximate surface area is 221 Å². The van der Waals surface area contributed by atoms with Crippen LogP contribution < -0.4 is 10.6 Å². The third-order valence-electron chi connectivity index (χ3n) is 5.33. The molecular weight excluding hydrogens is 488 g/mol. The summed E-state index contributed by atoms with van der Waals surface area (Å²) in [5.74, 6) is -1.86. The summed E-state index contributed by atoms with van der Waals surface area (Å²) in [6, 6.07) is 26.2. The largest absolute Gasteiger partial charge is 0.461 e. The quantitative estimate of drug-likeness (QED) is 0.262. The van der Waals surface area contributed by atoms with Gasteiger partial charge in [0.1, 0.15) is 32.4 Å². The maximum absolute atomic E-state index is 12.7. The lowest BCUT2D eigenvalue weighted by Crippen LogP contribution is -2.46. The fourth-order valence-electron chi connectivity index (χ4n) is 3.32. The van der Waals surface area contributed by atoms with Crippen LogP contribution in [-0.2, 0) is 48.4 Å². The number of carbonyl (C=O) groups excluding carboxylic acids is 4. The first kappa shape index (κ1) is 27.9. The van der Waals surface area contributed by atoms with Gasteiger partial charge in [-0.2, -0.15) is 0 Å².